The van der Waals surface area contributed by atoms with Gasteiger partial charge in [-0.1, -0.05) is 87.5 Å². The van der Waals surface area contributed by atoms with E-state index in [0.717, 1.165) is 0 Å². The van der Waals surface area contributed by atoms with Gasteiger partial charge in [0.15, 0.2) is 12.1 Å². The number of hydrogen-bond acceptors (Lipinski definition) is 4. The number of rotatable bonds is 6. The number of ether oxygens (including phenoxy) is 3. The summed E-state index contributed by atoms with van der Waals surface area (Å²) in [7, 11) is -2.65. The number of benzene rings is 2. The first kappa shape index (κ1) is 22.4. The summed E-state index contributed by atoms with van der Waals surface area (Å²) in [5.41, 5.74) is -0.640. The van der Waals surface area contributed by atoms with Crippen LogP contribution in [0, 0.1) is 0 Å². The van der Waals surface area contributed by atoms with E-state index in [1.54, 1.807) is 0 Å². The maximum absolute atomic E-state index is 7.09. The Morgan fingerprint density at radius 1 is 0.968 bits per heavy atom. The Hall–Kier alpha value is -1.76. The molecule has 3 atom stereocenters. The monoisotopic (exact) mass is 438 g/mol. The van der Waals surface area contributed by atoms with E-state index in [-0.39, 0.29) is 11.1 Å². The molecule has 31 heavy (non-hydrogen) atoms. The molecule has 0 amide bonds. The van der Waals surface area contributed by atoms with Crippen molar-refractivity contribution in [3.8, 4) is 0 Å². The van der Waals surface area contributed by atoms with E-state index < -0.39 is 26.0 Å². The van der Waals surface area contributed by atoms with Crippen LogP contribution in [0.3, 0.4) is 0 Å². The molecule has 4 nitrogen and oxygen atoms in total. The molecule has 0 aromatic heterocycles. The summed E-state index contributed by atoms with van der Waals surface area (Å²) in [5, 5.41) is 2.40. The van der Waals surface area contributed by atoms with Crippen LogP contribution in [-0.2, 0) is 18.6 Å². The average Bonchev–Trinajstić information content (AvgIpc) is 3.19. The van der Waals surface area contributed by atoms with E-state index in [1.807, 2.05) is 19.9 Å². The van der Waals surface area contributed by atoms with Gasteiger partial charge in [-0.25, -0.2) is 0 Å². The summed E-state index contributed by atoms with van der Waals surface area (Å²) >= 11 is 0. The van der Waals surface area contributed by atoms with Crippen LogP contribution in [0.1, 0.15) is 41.0 Å². The van der Waals surface area contributed by atoms with Crippen molar-refractivity contribution < 1.29 is 18.6 Å². The first-order valence-electron chi connectivity index (χ1n) is 11.0. The molecule has 0 N–H and O–H groups in total. The van der Waals surface area contributed by atoms with Gasteiger partial charge < -0.3 is 18.6 Å². The summed E-state index contributed by atoms with van der Waals surface area (Å²) in [5.74, 6) is -0.623. The zero-order valence-electron chi connectivity index (χ0n) is 19.3. The lowest BCUT2D eigenvalue weighted by Gasteiger charge is -2.44. The molecular formula is C26H34O4Si. The molecule has 0 unspecified atom stereocenters. The Kier molecular flexibility index (Phi) is 5.77. The average molecular weight is 439 g/mol. The molecule has 2 aliphatic rings. The summed E-state index contributed by atoms with van der Waals surface area (Å²) in [6.07, 6.45) is 2.03. The Bertz CT molecular complexity index is 849. The second kappa shape index (κ2) is 7.98. The van der Waals surface area contributed by atoms with Crippen molar-refractivity contribution in [3.63, 3.8) is 0 Å². The standard InChI is InChI=1S/C26H34O4Si/c1-7-26(18-22-23(30-26)29-25(5,6)28-22)19-27-31(24(2,3)4,20-14-10-8-11-15-20)21-16-12-9-13-17-21/h7-17,22-23H,1,18-19H2,2-6H3/t22-,23+,26+/m1/s1. The highest BCUT2D eigenvalue weighted by atomic mass is 28.4. The summed E-state index contributed by atoms with van der Waals surface area (Å²) in [6.45, 7) is 15.2. The Morgan fingerprint density at radius 3 is 1.97 bits per heavy atom. The molecule has 0 bridgehead atoms. The quantitative estimate of drug-likeness (QED) is 0.495. The molecule has 166 valence electrons. The van der Waals surface area contributed by atoms with Crippen LogP contribution in [0.4, 0.5) is 0 Å². The molecule has 0 spiro atoms. The van der Waals surface area contributed by atoms with E-state index in [0.29, 0.717) is 13.0 Å². The van der Waals surface area contributed by atoms with Crippen molar-refractivity contribution in [2.45, 2.75) is 69.9 Å². The minimum Gasteiger partial charge on any atom is -0.404 e. The van der Waals surface area contributed by atoms with Crippen molar-refractivity contribution >= 4 is 18.7 Å². The van der Waals surface area contributed by atoms with E-state index in [4.69, 9.17) is 18.6 Å². The fourth-order valence-electron chi connectivity index (χ4n) is 4.94. The van der Waals surface area contributed by atoms with Gasteiger partial charge in [-0.2, -0.15) is 0 Å². The summed E-state index contributed by atoms with van der Waals surface area (Å²) in [6, 6.07) is 21.3. The Balaban J connectivity index is 1.70. The third-order valence-corrected chi connectivity index (χ3v) is 11.3. The van der Waals surface area contributed by atoms with Crippen LogP contribution in [0.25, 0.3) is 0 Å². The minimum atomic E-state index is -2.65. The van der Waals surface area contributed by atoms with Gasteiger partial charge in [0.2, 0.25) is 0 Å². The Labute approximate surface area is 187 Å². The molecule has 0 aliphatic carbocycles. The number of fused-ring (bicyclic) bond motifs is 1. The maximum atomic E-state index is 7.09. The lowest BCUT2D eigenvalue weighted by atomic mass is 10.0. The predicted octanol–water partition coefficient (Wildman–Crippen LogP) is 4.39. The third kappa shape index (κ3) is 4.05. The lowest BCUT2D eigenvalue weighted by Crippen LogP contribution is -2.67. The van der Waals surface area contributed by atoms with Gasteiger partial charge in [0, 0.05) is 6.42 Å². The van der Waals surface area contributed by atoms with E-state index in [1.165, 1.54) is 10.4 Å². The van der Waals surface area contributed by atoms with Gasteiger partial charge in [-0.05, 0) is 29.3 Å². The molecule has 2 heterocycles. The SMILES string of the molecule is C=C[C@@]1(CO[Si](c2ccccc2)(c2ccccc2)C(C)(C)C)C[C@H]2OC(C)(C)O[C@H]2O1. The molecule has 2 fully saturated rings. The van der Waals surface area contributed by atoms with Crippen molar-refractivity contribution in [1.82, 2.24) is 0 Å². The molecule has 4 rings (SSSR count). The van der Waals surface area contributed by atoms with E-state index in [2.05, 4.69) is 88.0 Å². The fraction of sp³-hybridized carbons (Fsp3) is 0.462. The lowest BCUT2D eigenvalue weighted by molar-refractivity contribution is -0.220. The van der Waals surface area contributed by atoms with Crippen LogP contribution in [-0.4, -0.2) is 38.7 Å². The highest BCUT2D eigenvalue weighted by molar-refractivity contribution is 6.99. The molecule has 2 saturated heterocycles. The third-order valence-electron chi connectivity index (χ3n) is 6.36. The topological polar surface area (TPSA) is 36.9 Å². The zero-order chi connectivity index (χ0) is 22.3. The van der Waals surface area contributed by atoms with Crippen molar-refractivity contribution in [3.05, 3.63) is 73.3 Å². The van der Waals surface area contributed by atoms with E-state index in [9.17, 15) is 0 Å². The minimum absolute atomic E-state index is 0.0957. The van der Waals surface area contributed by atoms with Crippen molar-refractivity contribution in [2.75, 3.05) is 6.61 Å². The van der Waals surface area contributed by atoms with Gasteiger partial charge in [0.1, 0.15) is 11.7 Å². The molecule has 5 heteroatoms. The summed E-state index contributed by atoms with van der Waals surface area (Å²) in [4.78, 5) is 0. The first-order valence-corrected chi connectivity index (χ1v) is 12.9. The fourth-order valence-corrected chi connectivity index (χ4v) is 9.55. The van der Waals surface area contributed by atoms with Crippen molar-refractivity contribution in [1.29, 1.82) is 0 Å². The van der Waals surface area contributed by atoms with Gasteiger partial charge in [0.25, 0.3) is 8.32 Å². The maximum Gasteiger partial charge on any atom is 0.261 e. The number of hydrogen-bond donors (Lipinski definition) is 0. The predicted molar refractivity (Wildman–Crippen MR) is 126 cm³/mol. The normalized spacial score (nSPS) is 27.8. The van der Waals surface area contributed by atoms with Gasteiger partial charge >= 0.3 is 0 Å². The highest BCUT2D eigenvalue weighted by Gasteiger charge is 2.56. The van der Waals surface area contributed by atoms with Crippen LogP contribution < -0.4 is 10.4 Å². The van der Waals surface area contributed by atoms with Gasteiger partial charge in [0.05, 0.1) is 6.61 Å². The second-order valence-electron chi connectivity index (χ2n) is 10.1. The molecule has 2 aromatic rings. The molecule has 2 aliphatic heterocycles. The molecule has 0 saturated carbocycles. The first-order chi connectivity index (χ1) is 14.6. The zero-order valence-corrected chi connectivity index (χ0v) is 20.3. The van der Waals surface area contributed by atoms with Crippen LogP contribution >= 0.6 is 0 Å². The smallest absolute Gasteiger partial charge is 0.261 e. The van der Waals surface area contributed by atoms with Crippen LogP contribution in [0.2, 0.25) is 5.04 Å². The van der Waals surface area contributed by atoms with Crippen LogP contribution in [0.5, 0.6) is 0 Å². The summed E-state index contributed by atoms with van der Waals surface area (Å²) < 4.78 is 25.5. The Morgan fingerprint density at radius 2 is 1.52 bits per heavy atom. The second-order valence-corrected chi connectivity index (χ2v) is 14.4. The van der Waals surface area contributed by atoms with Gasteiger partial charge in [-0.3, -0.25) is 0 Å². The molecular weight excluding hydrogens is 404 g/mol. The van der Waals surface area contributed by atoms with Crippen LogP contribution in [0.15, 0.2) is 73.3 Å². The highest BCUT2D eigenvalue weighted by Crippen LogP contribution is 2.44. The van der Waals surface area contributed by atoms with Crippen molar-refractivity contribution in [2.24, 2.45) is 0 Å². The van der Waals surface area contributed by atoms with E-state index >= 15 is 0 Å². The van der Waals surface area contributed by atoms with Gasteiger partial charge in [-0.15, -0.1) is 6.58 Å². The molecule has 2 aromatic carbocycles. The largest absolute Gasteiger partial charge is 0.404 e. The molecule has 0 radical (unpaired) electrons.